The van der Waals surface area contributed by atoms with Gasteiger partial charge in [-0.15, -0.1) is 0 Å². The predicted octanol–water partition coefficient (Wildman–Crippen LogP) is -0.354. The Balaban J connectivity index is 0.859. The first-order chi connectivity index (χ1) is 33.4. The Labute approximate surface area is 404 Å². The molecule has 22 heteroatoms. The van der Waals surface area contributed by atoms with Crippen LogP contribution in [0, 0.1) is 16.7 Å². The zero-order chi connectivity index (χ0) is 49.2. The standard InChI is InChI=1S/C47H74F2N12O8/c1-45-29-51-12-15-54-32-46(33-55-16-13-52-30-45,34-56-17-14-53-31-45)60-42(63)6-2-5-41(62)58-10-3-18-66-21-23-68-24-22-67-19-4-20-69-37-7-8-40-39(25-37)38(9-11-57-40)44(65)59-28-43(64)61-35-47(48,49)26-36(61)27-50/h7-9,11,25,36,51-56H,2-6,10,12-24,26,28-35H2,1H3,(H,58,62)(H,59,65)(H,60,63). The molecule has 1 aromatic heterocycles. The first-order valence-electron chi connectivity index (χ1n) is 24.3. The summed E-state index contributed by atoms with van der Waals surface area (Å²) in [6.07, 6.45) is 2.95. The van der Waals surface area contributed by atoms with Crippen LogP contribution in [0.15, 0.2) is 30.5 Å². The van der Waals surface area contributed by atoms with Crippen molar-refractivity contribution < 1.29 is 46.9 Å². The van der Waals surface area contributed by atoms with Crippen LogP contribution < -0.4 is 52.6 Å². The second kappa shape index (κ2) is 29.5. The molecule has 4 fully saturated rings. The summed E-state index contributed by atoms with van der Waals surface area (Å²) in [5, 5.41) is 39.8. The third-order valence-electron chi connectivity index (χ3n) is 12.0. The summed E-state index contributed by atoms with van der Waals surface area (Å²) in [5.74, 6) is -4.16. The summed E-state index contributed by atoms with van der Waals surface area (Å²) < 4.78 is 50.3. The summed E-state index contributed by atoms with van der Waals surface area (Å²) in [7, 11) is 0. The third kappa shape index (κ3) is 19.9. The highest BCUT2D eigenvalue weighted by Gasteiger charge is 2.47. The molecule has 4 saturated heterocycles. The minimum Gasteiger partial charge on any atom is -0.493 e. The van der Waals surface area contributed by atoms with Gasteiger partial charge >= 0.3 is 0 Å². The molecule has 9 N–H and O–H groups in total. The van der Waals surface area contributed by atoms with Gasteiger partial charge in [0, 0.05) is 141 Å². The van der Waals surface area contributed by atoms with Crippen LogP contribution in [0.25, 0.3) is 10.9 Å². The Morgan fingerprint density at radius 3 is 1.96 bits per heavy atom. The van der Waals surface area contributed by atoms with Crippen molar-refractivity contribution >= 4 is 34.5 Å². The number of nitrogens with one attached hydrogen (secondary N) is 9. The lowest BCUT2D eigenvalue weighted by Gasteiger charge is -2.37. The number of benzene rings is 1. The summed E-state index contributed by atoms with van der Waals surface area (Å²) in [5.41, 5.74) is 0.334. The molecule has 0 spiro atoms. The molecular formula is C47H74F2N12O8. The fourth-order valence-corrected chi connectivity index (χ4v) is 8.30. The number of alkyl halides is 2. The van der Waals surface area contributed by atoms with Gasteiger partial charge in [0.15, 0.2) is 0 Å². The minimum atomic E-state index is -3.15. The Kier molecular flexibility index (Phi) is 23.6. The van der Waals surface area contributed by atoms with Crippen LogP contribution >= 0.6 is 0 Å². The van der Waals surface area contributed by atoms with Gasteiger partial charge < -0.3 is 71.7 Å². The van der Waals surface area contributed by atoms with Crippen LogP contribution in [-0.4, -0.2) is 195 Å². The van der Waals surface area contributed by atoms with Crippen molar-refractivity contribution in [3.8, 4) is 11.8 Å². The number of carbonyl (C=O) groups excluding carboxylic acids is 4. The van der Waals surface area contributed by atoms with Gasteiger partial charge in [0.1, 0.15) is 11.8 Å². The average Bonchev–Trinajstić information content (AvgIpc) is 3.66. The molecule has 1 aromatic carbocycles. The second-order valence-electron chi connectivity index (χ2n) is 18.2. The maximum absolute atomic E-state index is 13.8. The molecule has 69 heavy (non-hydrogen) atoms. The normalized spacial score (nSPS) is 22.5. The fourth-order valence-electron chi connectivity index (χ4n) is 8.30. The molecule has 2 aromatic rings. The predicted molar refractivity (Wildman–Crippen MR) is 255 cm³/mol. The Bertz CT molecular complexity index is 1920. The number of aromatic nitrogens is 1. The zero-order valence-electron chi connectivity index (χ0n) is 40.1. The van der Waals surface area contributed by atoms with Crippen molar-refractivity contribution in [2.45, 2.75) is 63.0 Å². The van der Waals surface area contributed by atoms with Crippen LogP contribution in [0.1, 0.15) is 55.8 Å². The lowest BCUT2D eigenvalue weighted by molar-refractivity contribution is -0.131. The number of ether oxygens (including phenoxy) is 4. The van der Waals surface area contributed by atoms with Gasteiger partial charge in [-0.1, -0.05) is 6.92 Å². The number of rotatable bonds is 23. The van der Waals surface area contributed by atoms with Gasteiger partial charge in [-0.25, -0.2) is 8.78 Å². The first-order valence-corrected chi connectivity index (χ1v) is 24.3. The molecule has 4 aliphatic rings. The van der Waals surface area contributed by atoms with E-state index in [4.69, 9.17) is 18.9 Å². The Morgan fingerprint density at radius 1 is 0.754 bits per heavy atom. The molecule has 384 valence electrons. The lowest BCUT2D eigenvalue weighted by Crippen LogP contribution is -2.66. The van der Waals surface area contributed by atoms with Crippen LogP contribution in [0.4, 0.5) is 8.78 Å². The molecule has 20 nitrogen and oxygen atoms in total. The van der Waals surface area contributed by atoms with E-state index < -0.39 is 48.8 Å². The molecule has 1 atom stereocenters. The number of nitriles is 1. The number of hydrogen-bond donors (Lipinski definition) is 9. The maximum Gasteiger partial charge on any atom is 0.268 e. The third-order valence-corrected chi connectivity index (χ3v) is 12.0. The second-order valence-corrected chi connectivity index (χ2v) is 18.2. The van der Waals surface area contributed by atoms with Crippen LogP contribution in [0.3, 0.4) is 0 Å². The molecule has 2 bridgehead atoms. The van der Waals surface area contributed by atoms with Gasteiger partial charge in [-0.3, -0.25) is 24.2 Å². The van der Waals surface area contributed by atoms with Crippen molar-refractivity contribution in [1.82, 2.24) is 57.7 Å². The number of halogens is 2. The van der Waals surface area contributed by atoms with Crippen LogP contribution in [0.5, 0.6) is 5.75 Å². The number of amides is 4. The quantitative estimate of drug-likeness (QED) is 0.0646. The van der Waals surface area contributed by atoms with Crippen molar-refractivity contribution in [3.63, 3.8) is 0 Å². The van der Waals surface area contributed by atoms with E-state index in [0.717, 1.165) is 63.8 Å². The van der Waals surface area contributed by atoms with E-state index in [9.17, 15) is 33.2 Å². The van der Waals surface area contributed by atoms with Crippen LogP contribution in [0.2, 0.25) is 0 Å². The van der Waals surface area contributed by atoms with E-state index in [-0.39, 0.29) is 35.6 Å². The van der Waals surface area contributed by atoms with E-state index in [2.05, 4.69) is 59.8 Å². The highest BCUT2D eigenvalue weighted by Crippen LogP contribution is 2.31. The van der Waals surface area contributed by atoms with Crippen molar-refractivity contribution in [1.29, 1.82) is 5.26 Å². The molecule has 0 radical (unpaired) electrons. The van der Waals surface area contributed by atoms with E-state index in [0.29, 0.717) is 108 Å². The number of carbonyl (C=O) groups is 4. The molecule has 5 heterocycles. The topological polar surface area (TPSA) is 253 Å². The van der Waals surface area contributed by atoms with Crippen LogP contribution in [-0.2, 0) is 28.6 Å². The fraction of sp³-hybridized carbons (Fsp3) is 0.702. The Morgan fingerprint density at radius 2 is 1.33 bits per heavy atom. The van der Waals surface area contributed by atoms with Gasteiger partial charge in [0.25, 0.3) is 11.8 Å². The van der Waals surface area contributed by atoms with Crippen molar-refractivity contribution in [2.24, 2.45) is 5.41 Å². The van der Waals surface area contributed by atoms with Crippen molar-refractivity contribution in [2.75, 3.05) is 144 Å². The molecule has 0 saturated carbocycles. The van der Waals surface area contributed by atoms with Gasteiger partial charge in [0.05, 0.1) is 68.8 Å². The number of hydrogen-bond acceptors (Lipinski definition) is 16. The molecule has 6 rings (SSSR count). The summed E-state index contributed by atoms with van der Waals surface area (Å²) >= 11 is 0. The highest BCUT2D eigenvalue weighted by atomic mass is 19.3. The molecule has 1 unspecified atom stereocenters. The SMILES string of the molecule is CC12CNCCNCC(NC(=O)CCCC(=O)NCCCOCCOCCOCCCOc3ccc4nccc(C(=O)NCC(=O)N5CC(F)(F)CC5C#N)c4c3)(CNCCNC1)CNCCNC2. The van der Waals surface area contributed by atoms with E-state index in [1.165, 1.54) is 12.3 Å². The van der Waals surface area contributed by atoms with Crippen molar-refractivity contribution in [3.05, 3.63) is 36.0 Å². The number of fused-ring (bicyclic) bond motifs is 16. The lowest BCUT2D eigenvalue weighted by atomic mass is 9.90. The molecular weight excluding hydrogens is 899 g/mol. The smallest absolute Gasteiger partial charge is 0.268 e. The minimum absolute atomic E-state index is 0.0698. The summed E-state index contributed by atoms with van der Waals surface area (Å²) in [6.45, 7) is 13.7. The van der Waals surface area contributed by atoms with E-state index >= 15 is 0 Å². The van der Waals surface area contributed by atoms with Gasteiger partial charge in [-0.2, -0.15) is 5.26 Å². The summed E-state index contributed by atoms with van der Waals surface area (Å²) in [6, 6.07) is 7.07. The maximum atomic E-state index is 13.8. The van der Waals surface area contributed by atoms with Gasteiger partial charge in [0.2, 0.25) is 17.7 Å². The van der Waals surface area contributed by atoms with E-state index in [1.807, 2.05) is 0 Å². The summed E-state index contributed by atoms with van der Waals surface area (Å²) in [4.78, 5) is 56.4. The zero-order valence-corrected chi connectivity index (χ0v) is 40.1. The number of likely N-dealkylation sites (tertiary alicyclic amines) is 1. The average molecular weight is 973 g/mol. The monoisotopic (exact) mass is 973 g/mol. The van der Waals surface area contributed by atoms with E-state index in [1.54, 1.807) is 24.3 Å². The molecule has 4 aliphatic heterocycles. The Hall–Kier alpha value is -4.70. The number of nitrogens with zero attached hydrogens (tertiary/aromatic N) is 3. The van der Waals surface area contributed by atoms with Gasteiger partial charge in [-0.05, 0) is 37.1 Å². The highest BCUT2D eigenvalue weighted by molar-refractivity contribution is 6.07. The molecule has 0 aliphatic carbocycles. The largest absolute Gasteiger partial charge is 0.493 e. The number of pyridine rings is 1. The first kappa shape index (κ1) is 55.2. The molecule has 4 amide bonds.